The van der Waals surface area contributed by atoms with Gasteiger partial charge in [0.05, 0.1) is 0 Å². The number of carbonyl (C=O) groups excluding carboxylic acids is 3. The number of esters is 3. The van der Waals surface area contributed by atoms with Crippen molar-refractivity contribution in [1.29, 1.82) is 0 Å². The lowest BCUT2D eigenvalue weighted by atomic mass is 10.1. The summed E-state index contributed by atoms with van der Waals surface area (Å²) in [5.74, 6) is -0.922. The number of allylic oxidation sites excluding steroid dienone is 10. The van der Waals surface area contributed by atoms with E-state index in [0.29, 0.717) is 19.3 Å². The Balaban J connectivity index is 4.40. The highest BCUT2D eigenvalue weighted by Gasteiger charge is 2.19. The number of hydrogen-bond acceptors (Lipinski definition) is 6. The average Bonchev–Trinajstić information content (AvgIpc) is 3.21. The fourth-order valence-corrected chi connectivity index (χ4v) is 6.39. The van der Waals surface area contributed by atoms with Crippen LogP contribution in [0.4, 0.5) is 0 Å². The van der Waals surface area contributed by atoms with Crippen LogP contribution in [0.15, 0.2) is 60.8 Å². The number of ether oxygens (including phenoxy) is 3. The molecule has 0 saturated carbocycles. The highest BCUT2D eigenvalue weighted by Crippen LogP contribution is 2.14. The summed E-state index contributed by atoms with van der Waals surface area (Å²) in [6.45, 7) is 6.42. The molecule has 57 heavy (non-hydrogen) atoms. The lowest BCUT2D eigenvalue weighted by Gasteiger charge is -2.18. The minimum atomic E-state index is -0.785. The first kappa shape index (κ1) is 54.1. The zero-order valence-corrected chi connectivity index (χ0v) is 37.3. The van der Waals surface area contributed by atoms with Crippen molar-refractivity contribution in [2.75, 3.05) is 13.2 Å². The van der Waals surface area contributed by atoms with Crippen LogP contribution in [0.5, 0.6) is 0 Å². The van der Waals surface area contributed by atoms with Gasteiger partial charge in [0.2, 0.25) is 0 Å². The average molecular weight is 797 g/mol. The largest absolute Gasteiger partial charge is 0.462 e. The number of carbonyl (C=O) groups is 3. The van der Waals surface area contributed by atoms with Gasteiger partial charge in [-0.3, -0.25) is 14.4 Å². The Labute approximate surface area is 351 Å². The molecule has 0 radical (unpaired) electrons. The zero-order chi connectivity index (χ0) is 41.5. The van der Waals surface area contributed by atoms with Crippen LogP contribution in [0.3, 0.4) is 0 Å². The van der Waals surface area contributed by atoms with E-state index in [2.05, 4.69) is 81.5 Å². The van der Waals surface area contributed by atoms with Gasteiger partial charge >= 0.3 is 17.9 Å². The molecule has 0 aromatic carbocycles. The van der Waals surface area contributed by atoms with E-state index in [1.54, 1.807) is 0 Å². The van der Waals surface area contributed by atoms with Gasteiger partial charge in [-0.05, 0) is 89.9 Å². The molecule has 0 saturated heterocycles. The molecule has 0 aromatic heterocycles. The zero-order valence-electron chi connectivity index (χ0n) is 37.3. The van der Waals surface area contributed by atoms with Crippen LogP contribution in [-0.4, -0.2) is 37.2 Å². The van der Waals surface area contributed by atoms with Gasteiger partial charge in [-0.1, -0.05) is 178 Å². The van der Waals surface area contributed by atoms with E-state index >= 15 is 0 Å². The molecule has 0 bridgehead atoms. The first-order chi connectivity index (χ1) is 28.0. The molecule has 0 aliphatic heterocycles. The highest BCUT2D eigenvalue weighted by molar-refractivity contribution is 5.71. The fourth-order valence-electron chi connectivity index (χ4n) is 6.39. The van der Waals surface area contributed by atoms with Crippen molar-refractivity contribution in [2.45, 2.75) is 232 Å². The van der Waals surface area contributed by atoms with E-state index in [1.165, 1.54) is 83.5 Å². The van der Waals surface area contributed by atoms with Gasteiger partial charge in [0.25, 0.3) is 0 Å². The van der Waals surface area contributed by atoms with Crippen LogP contribution in [0.1, 0.15) is 226 Å². The third kappa shape index (κ3) is 44.1. The fraction of sp³-hybridized carbons (Fsp3) is 0.745. The number of unbranched alkanes of at least 4 members (excludes halogenated alkanes) is 22. The molecule has 6 heteroatoms. The summed E-state index contributed by atoms with van der Waals surface area (Å²) in [6, 6.07) is 0. The van der Waals surface area contributed by atoms with E-state index in [4.69, 9.17) is 14.2 Å². The van der Waals surface area contributed by atoms with Crippen LogP contribution in [0.2, 0.25) is 0 Å². The Bertz CT molecular complexity index is 1050. The number of hydrogen-bond donors (Lipinski definition) is 0. The van der Waals surface area contributed by atoms with E-state index in [9.17, 15) is 14.4 Å². The normalized spacial score (nSPS) is 12.5. The van der Waals surface area contributed by atoms with Gasteiger partial charge < -0.3 is 14.2 Å². The predicted octanol–water partition coefficient (Wildman–Crippen LogP) is 15.3. The molecule has 328 valence electrons. The molecule has 0 fully saturated rings. The van der Waals surface area contributed by atoms with Gasteiger partial charge in [0.1, 0.15) is 13.2 Å². The van der Waals surface area contributed by atoms with Crippen molar-refractivity contribution in [3.8, 4) is 0 Å². The summed E-state index contributed by atoms with van der Waals surface area (Å²) in [4.78, 5) is 37.8. The lowest BCUT2D eigenvalue weighted by molar-refractivity contribution is -0.167. The Hall–Kier alpha value is -2.89. The first-order valence-electron chi connectivity index (χ1n) is 23.8. The molecule has 1 unspecified atom stereocenters. The van der Waals surface area contributed by atoms with E-state index < -0.39 is 6.10 Å². The highest BCUT2D eigenvalue weighted by atomic mass is 16.6. The van der Waals surface area contributed by atoms with Gasteiger partial charge in [-0.2, -0.15) is 0 Å². The van der Waals surface area contributed by atoms with Crippen molar-refractivity contribution < 1.29 is 28.6 Å². The smallest absolute Gasteiger partial charge is 0.306 e. The van der Waals surface area contributed by atoms with Crippen LogP contribution in [0, 0.1) is 0 Å². The molecular weight excluding hydrogens is 709 g/mol. The summed E-state index contributed by atoms with van der Waals surface area (Å²) in [5, 5.41) is 0. The maximum absolute atomic E-state index is 12.7. The molecule has 0 aromatic rings. The van der Waals surface area contributed by atoms with Gasteiger partial charge in [0.15, 0.2) is 6.10 Å². The summed E-state index contributed by atoms with van der Waals surface area (Å²) in [6.07, 6.45) is 54.8. The molecule has 0 N–H and O–H groups in total. The molecule has 0 amide bonds. The van der Waals surface area contributed by atoms with Crippen LogP contribution < -0.4 is 0 Å². The maximum atomic E-state index is 12.7. The monoisotopic (exact) mass is 797 g/mol. The molecule has 1 atom stereocenters. The van der Waals surface area contributed by atoms with Crippen molar-refractivity contribution in [3.63, 3.8) is 0 Å². The van der Waals surface area contributed by atoms with Crippen LogP contribution >= 0.6 is 0 Å². The van der Waals surface area contributed by atoms with Crippen LogP contribution in [0.25, 0.3) is 0 Å². The van der Waals surface area contributed by atoms with E-state index in [0.717, 1.165) is 103 Å². The molecule has 0 spiro atoms. The van der Waals surface area contributed by atoms with Gasteiger partial charge in [-0.25, -0.2) is 0 Å². The minimum absolute atomic E-state index is 0.0876. The predicted molar refractivity (Wildman–Crippen MR) is 242 cm³/mol. The topological polar surface area (TPSA) is 78.9 Å². The maximum Gasteiger partial charge on any atom is 0.306 e. The third-order valence-electron chi connectivity index (χ3n) is 10.0. The Kier molecular flexibility index (Phi) is 43.5. The van der Waals surface area contributed by atoms with E-state index in [-0.39, 0.29) is 31.1 Å². The SMILES string of the molecule is CC/C=C\C/C=C\CCCCCCCCCC(=O)OC(COC(=O)CCCCCC/C=C\CCCC)COC(=O)CCCCCCCC/C=C\C=C/CCCCC. The van der Waals surface area contributed by atoms with Gasteiger partial charge in [0, 0.05) is 19.3 Å². The van der Waals surface area contributed by atoms with Crippen LogP contribution in [-0.2, 0) is 28.6 Å². The van der Waals surface area contributed by atoms with E-state index in [1.807, 2.05) is 0 Å². The minimum Gasteiger partial charge on any atom is -0.462 e. The van der Waals surface area contributed by atoms with Crippen molar-refractivity contribution >= 4 is 17.9 Å². The molecule has 0 heterocycles. The molecule has 0 aliphatic carbocycles. The summed E-state index contributed by atoms with van der Waals surface area (Å²) >= 11 is 0. The molecule has 0 aliphatic rings. The quantitative estimate of drug-likeness (QED) is 0.0201. The van der Waals surface area contributed by atoms with Crippen molar-refractivity contribution in [2.24, 2.45) is 0 Å². The lowest BCUT2D eigenvalue weighted by Crippen LogP contribution is -2.30. The molecular formula is C51H88O6. The second-order valence-electron chi connectivity index (χ2n) is 15.7. The number of rotatable bonds is 42. The first-order valence-corrected chi connectivity index (χ1v) is 23.8. The summed E-state index contributed by atoms with van der Waals surface area (Å²) < 4.78 is 16.7. The van der Waals surface area contributed by atoms with Gasteiger partial charge in [-0.15, -0.1) is 0 Å². The van der Waals surface area contributed by atoms with Crippen molar-refractivity contribution in [3.05, 3.63) is 60.8 Å². The molecule has 0 rings (SSSR count). The Morgan fingerprint density at radius 3 is 1.23 bits per heavy atom. The molecule has 6 nitrogen and oxygen atoms in total. The Morgan fingerprint density at radius 1 is 0.386 bits per heavy atom. The van der Waals surface area contributed by atoms with Crippen molar-refractivity contribution in [1.82, 2.24) is 0 Å². The second-order valence-corrected chi connectivity index (χ2v) is 15.7. The summed E-state index contributed by atoms with van der Waals surface area (Å²) in [5.41, 5.74) is 0. The standard InChI is InChI=1S/C51H88O6/c1-4-7-10-13-16-19-22-24-26-28-29-32-35-38-41-44-50(53)56-47-48(46-55-49(52)43-40-37-34-31-21-18-15-12-9-6-3)57-51(54)45-42-39-36-33-30-27-25-23-20-17-14-11-8-5-2/h8,11,15-20,22,24,48H,4-7,9-10,12-14,21,23,25-47H2,1-3H3/b11-8-,18-15-,19-16-,20-17-,24-22-. The second kappa shape index (κ2) is 45.8. The Morgan fingerprint density at radius 2 is 0.754 bits per heavy atom. The third-order valence-corrected chi connectivity index (χ3v) is 10.0. The summed E-state index contributed by atoms with van der Waals surface area (Å²) in [7, 11) is 0.